The highest BCUT2D eigenvalue weighted by Gasteiger charge is 2.07. The molecule has 0 aromatic heterocycles. The van der Waals surface area contributed by atoms with Gasteiger partial charge in [0.1, 0.15) is 4.99 Å². The van der Waals surface area contributed by atoms with Crippen LogP contribution in [0.5, 0.6) is 0 Å². The summed E-state index contributed by atoms with van der Waals surface area (Å²) in [5.41, 5.74) is 7.97. The fourth-order valence-electron chi connectivity index (χ4n) is 1.14. The first-order valence-corrected chi connectivity index (χ1v) is 5.21. The van der Waals surface area contributed by atoms with E-state index in [1.54, 1.807) is 20.2 Å². The Morgan fingerprint density at radius 2 is 2.06 bits per heavy atom. The largest absolute Gasteiger partial charge is 0.389 e. The maximum atomic E-state index is 11.5. The van der Waals surface area contributed by atoms with E-state index < -0.39 is 0 Å². The van der Waals surface area contributed by atoms with Gasteiger partial charge in [0.05, 0.1) is 0 Å². The van der Waals surface area contributed by atoms with Crippen LogP contribution >= 0.6 is 12.2 Å². The van der Waals surface area contributed by atoms with Crippen LogP contribution in [0.2, 0.25) is 0 Å². The molecular weight excluding hydrogens is 222 g/mol. The van der Waals surface area contributed by atoms with Crippen molar-refractivity contribution in [2.45, 2.75) is 6.92 Å². The van der Waals surface area contributed by atoms with Crippen LogP contribution < -0.4 is 11.1 Å². The molecule has 1 aromatic rings. The molecule has 0 bridgehead atoms. The number of urea groups is 1. The number of rotatable bonds is 2. The van der Waals surface area contributed by atoms with Crippen LogP contribution in [0, 0.1) is 6.92 Å². The van der Waals surface area contributed by atoms with Crippen LogP contribution in [-0.2, 0) is 0 Å². The summed E-state index contributed by atoms with van der Waals surface area (Å²) in [6.45, 7) is 1.91. The molecule has 0 saturated carbocycles. The summed E-state index contributed by atoms with van der Waals surface area (Å²) in [5.74, 6) is 0. The van der Waals surface area contributed by atoms with Gasteiger partial charge in [-0.15, -0.1) is 0 Å². The molecule has 3 N–H and O–H groups in total. The zero-order valence-electron chi connectivity index (χ0n) is 9.57. The van der Waals surface area contributed by atoms with E-state index >= 15 is 0 Å². The molecule has 1 rings (SSSR count). The molecule has 0 heterocycles. The average molecular weight is 237 g/mol. The van der Waals surface area contributed by atoms with Crippen LogP contribution in [-0.4, -0.2) is 30.0 Å². The third-order valence-electron chi connectivity index (χ3n) is 2.17. The van der Waals surface area contributed by atoms with Gasteiger partial charge in [-0.1, -0.05) is 24.4 Å². The SMILES string of the molecule is Cc1ccc(C(N)=S)cc1NC(=O)N(C)C. The first-order chi connectivity index (χ1) is 7.41. The number of hydrogen-bond acceptors (Lipinski definition) is 2. The minimum absolute atomic E-state index is 0.178. The van der Waals surface area contributed by atoms with Gasteiger partial charge >= 0.3 is 6.03 Å². The molecule has 2 amide bonds. The van der Waals surface area contributed by atoms with E-state index in [0.29, 0.717) is 4.99 Å². The van der Waals surface area contributed by atoms with Gasteiger partial charge in [-0.2, -0.15) is 0 Å². The third-order valence-corrected chi connectivity index (χ3v) is 2.41. The highest BCUT2D eigenvalue weighted by molar-refractivity contribution is 7.80. The summed E-state index contributed by atoms with van der Waals surface area (Å²) in [5, 5.41) is 2.78. The lowest BCUT2D eigenvalue weighted by atomic mass is 10.1. The van der Waals surface area contributed by atoms with Gasteiger partial charge in [-0.25, -0.2) is 4.79 Å². The Balaban J connectivity index is 2.99. The highest BCUT2D eigenvalue weighted by atomic mass is 32.1. The van der Waals surface area contributed by atoms with Gasteiger partial charge < -0.3 is 16.0 Å². The monoisotopic (exact) mass is 237 g/mol. The molecule has 4 nitrogen and oxygen atoms in total. The van der Waals surface area contributed by atoms with E-state index in [2.05, 4.69) is 5.32 Å². The van der Waals surface area contributed by atoms with E-state index in [1.165, 1.54) is 4.90 Å². The Hall–Kier alpha value is -1.62. The summed E-state index contributed by atoms with van der Waals surface area (Å²) in [7, 11) is 3.37. The van der Waals surface area contributed by atoms with Crippen molar-refractivity contribution in [2.75, 3.05) is 19.4 Å². The van der Waals surface area contributed by atoms with Gasteiger partial charge in [0.25, 0.3) is 0 Å². The number of amides is 2. The zero-order valence-corrected chi connectivity index (χ0v) is 10.4. The maximum absolute atomic E-state index is 11.5. The highest BCUT2D eigenvalue weighted by Crippen LogP contribution is 2.17. The van der Waals surface area contributed by atoms with Crippen molar-refractivity contribution in [3.05, 3.63) is 29.3 Å². The molecule has 0 fully saturated rings. The molecule has 0 aliphatic carbocycles. The summed E-state index contributed by atoms with van der Waals surface area (Å²) >= 11 is 4.88. The topological polar surface area (TPSA) is 58.4 Å². The molecule has 0 unspecified atom stereocenters. The third kappa shape index (κ3) is 2.93. The smallest absolute Gasteiger partial charge is 0.321 e. The lowest BCUT2D eigenvalue weighted by molar-refractivity contribution is 0.230. The number of hydrogen-bond donors (Lipinski definition) is 2. The van der Waals surface area contributed by atoms with E-state index in [4.69, 9.17) is 18.0 Å². The Kier molecular flexibility index (Phi) is 3.84. The van der Waals surface area contributed by atoms with E-state index in [9.17, 15) is 4.79 Å². The van der Waals surface area contributed by atoms with Crippen LogP contribution in [0.15, 0.2) is 18.2 Å². The second kappa shape index (κ2) is 4.94. The van der Waals surface area contributed by atoms with Crippen LogP contribution in [0.1, 0.15) is 11.1 Å². The molecule has 0 spiro atoms. The number of carbonyl (C=O) groups is 1. The van der Waals surface area contributed by atoms with E-state index in [-0.39, 0.29) is 6.03 Å². The second-order valence-electron chi connectivity index (χ2n) is 3.72. The minimum Gasteiger partial charge on any atom is -0.389 e. The van der Waals surface area contributed by atoms with Crippen molar-refractivity contribution >= 4 is 28.9 Å². The number of nitrogens with one attached hydrogen (secondary N) is 1. The molecule has 0 radical (unpaired) electrons. The predicted octanol–water partition coefficient (Wildman–Crippen LogP) is 1.72. The van der Waals surface area contributed by atoms with Gasteiger partial charge in [0.15, 0.2) is 0 Å². The van der Waals surface area contributed by atoms with E-state index in [0.717, 1.165) is 16.8 Å². The van der Waals surface area contributed by atoms with Gasteiger partial charge in [0, 0.05) is 25.3 Å². The number of benzene rings is 1. The first kappa shape index (κ1) is 12.4. The van der Waals surface area contributed by atoms with Gasteiger partial charge in [-0.3, -0.25) is 0 Å². The van der Waals surface area contributed by atoms with Crippen molar-refractivity contribution in [2.24, 2.45) is 5.73 Å². The summed E-state index contributed by atoms with van der Waals surface area (Å²) in [6, 6.07) is 5.31. The lowest BCUT2D eigenvalue weighted by Gasteiger charge is -2.14. The van der Waals surface area contributed by atoms with Crippen molar-refractivity contribution in [1.29, 1.82) is 0 Å². The quantitative estimate of drug-likeness (QED) is 0.770. The Morgan fingerprint density at radius 1 is 1.44 bits per heavy atom. The maximum Gasteiger partial charge on any atom is 0.321 e. The minimum atomic E-state index is -0.178. The van der Waals surface area contributed by atoms with Crippen molar-refractivity contribution < 1.29 is 4.79 Å². The van der Waals surface area contributed by atoms with Crippen LogP contribution in [0.25, 0.3) is 0 Å². The van der Waals surface area contributed by atoms with E-state index in [1.807, 2.05) is 19.1 Å². The summed E-state index contributed by atoms with van der Waals surface area (Å²) in [6.07, 6.45) is 0. The lowest BCUT2D eigenvalue weighted by Crippen LogP contribution is -2.27. The fourth-order valence-corrected chi connectivity index (χ4v) is 1.26. The molecule has 5 heteroatoms. The Bertz CT molecular complexity index is 429. The van der Waals surface area contributed by atoms with Gasteiger partial charge in [-0.05, 0) is 18.6 Å². The molecule has 0 aliphatic heterocycles. The fraction of sp³-hybridized carbons (Fsp3) is 0.273. The Labute approximate surface area is 100 Å². The van der Waals surface area contributed by atoms with Crippen LogP contribution in [0.3, 0.4) is 0 Å². The number of thiocarbonyl (C=S) groups is 1. The molecule has 0 saturated heterocycles. The van der Waals surface area contributed by atoms with Crippen LogP contribution in [0.4, 0.5) is 10.5 Å². The predicted molar refractivity (Wildman–Crippen MR) is 69.8 cm³/mol. The number of nitrogens with zero attached hydrogens (tertiary/aromatic N) is 1. The number of anilines is 1. The molecular formula is C11H15N3OS. The number of aryl methyl sites for hydroxylation is 1. The van der Waals surface area contributed by atoms with Crippen molar-refractivity contribution in [1.82, 2.24) is 4.90 Å². The molecule has 0 atom stereocenters. The Morgan fingerprint density at radius 3 is 2.56 bits per heavy atom. The number of nitrogens with two attached hydrogens (primary N) is 1. The normalized spacial score (nSPS) is 9.69. The molecule has 0 aliphatic rings. The molecule has 16 heavy (non-hydrogen) atoms. The molecule has 1 aromatic carbocycles. The summed E-state index contributed by atoms with van der Waals surface area (Å²) in [4.78, 5) is 13.3. The molecule has 86 valence electrons. The number of carbonyl (C=O) groups excluding carboxylic acids is 1. The first-order valence-electron chi connectivity index (χ1n) is 4.80. The van der Waals surface area contributed by atoms with Crippen molar-refractivity contribution in [3.8, 4) is 0 Å². The average Bonchev–Trinajstić information content (AvgIpc) is 2.20. The standard InChI is InChI=1S/C11H15N3OS/c1-7-4-5-8(10(12)16)6-9(7)13-11(15)14(2)3/h4-6H,1-3H3,(H2,12,16)(H,13,15). The second-order valence-corrected chi connectivity index (χ2v) is 4.16. The van der Waals surface area contributed by atoms with Crippen molar-refractivity contribution in [3.63, 3.8) is 0 Å². The van der Waals surface area contributed by atoms with Gasteiger partial charge in [0.2, 0.25) is 0 Å². The summed E-state index contributed by atoms with van der Waals surface area (Å²) < 4.78 is 0. The zero-order chi connectivity index (χ0) is 12.3.